The lowest BCUT2D eigenvalue weighted by atomic mass is 9.62. The number of carbonyl (C=O) groups excluding carboxylic acids is 1. The lowest BCUT2D eigenvalue weighted by Crippen LogP contribution is -2.59. The van der Waals surface area contributed by atoms with E-state index in [4.69, 9.17) is 28.4 Å². The highest BCUT2D eigenvalue weighted by molar-refractivity contribution is 6.10. The van der Waals surface area contributed by atoms with E-state index in [-0.39, 0.29) is 42.1 Å². The van der Waals surface area contributed by atoms with Gasteiger partial charge in [0.25, 0.3) is 0 Å². The Kier molecular flexibility index (Phi) is 8.41. The fourth-order valence-electron chi connectivity index (χ4n) is 11.7. The van der Waals surface area contributed by atoms with E-state index in [1.807, 2.05) is 32.0 Å². The smallest absolute Gasteiger partial charge is 0.203 e. The first kappa shape index (κ1) is 38.7. The number of phenols is 1. The van der Waals surface area contributed by atoms with Crippen LogP contribution in [0.25, 0.3) is 33.0 Å². The second-order valence-electron chi connectivity index (χ2n) is 18.0. The van der Waals surface area contributed by atoms with Crippen LogP contribution >= 0.6 is 0 Å². The van der Waals surface area contributed by atoms with Crippen LogP contribution in [0, 0.1) is 6.92 Å². The van der Waals surface area contributed by atoms with E-state index in [0.717, 1.165) is 84.1 Å². The first-order valence-electron chi connectivity index (χ1n) is 21.0. The fraction of sp³-hybridized carbons (Fsp3) is 0.420. The van der Waals surface area contributed by atoms with Gasteiger partial charge in [-0.2, -0.15) is 0 Å². The van der Waals surface area contributed by atoms with Crippen molar-refractivity contribution >= 4 is 16.6 Å². The summed E-state index contributed by atoms with van der Waals surface area (Å²) in [5.41, 5.74) is 8.22. The zero-order valence-electron chi connectivity index (χ0n) is 36.7. The maximum atomic E-state index is 14.8. The molecule has 4 aliphatic heterocycles. The van der Waals surface area contributed by atoms with Crippen molar-refractivity contribution in [2.45, 2.75) is 96.2 Å². The summed E-state index contributed by atoms with van der Waals surface area (Å²) in [6.45, 7) is 12.9. The van der Waals surface area contributed by atoms with Crippen LogP contribution in [0.15, 0.2) is 42.5 Å². The maximum absolute atomic E-state index is 14.8. The first-order valence-corrected chi connectivity index (χ1v) is 21.0. The predicted octanol–water partition coefficient (Wildman–Crippen LogP) is 9.47. The zero-order valence-corrected chi connectivity index (χ0v) is 36.7. The third-order valence-electron chi connectivity index (χ3n) is 15.0. The van der Waals surface area contributed by atoms with Crippen molar-refractivity contribution in [2.75, 3.05) is 42.5 Å². The van der Waals surface area contributed by atoms with Gasteiger partial charge < -0.3 is 33.5 Å². The summed E-state index contributed by atoms with van der Waals surface area (Å²) in [4.78, 5) is 19.5. The molecule has 5 aliphatic rings. The van der Waals surface area contributed by atoms with Crippen LogP contribution in [0.4, 0.5) is 0 Å². The second kappa shape index (κ2) is 13.0. The number of benzene rings is 5. The number of phenolic OH excluding ortho intramolecular Hbond substituents is 1. The number of ether oxygens (including phenoxy) is 6. The number of hydrogen-bond donors (Lipinski definition) is 1. The van der Waals surface area contributed by atoms with E-state index >= 15 is 0 Å². The molecule has 10 rings (SSSR count). The highest BCUT2D eigenvalue weighted by Gasteiger charge is 2.68. The summed E-state index contributed by atoms with van der Waals surface area (Å²) in [6.07, 6.45) is 1.49. The molecular weight excluding hydrogens is 757 g/mol. The SMILES string of the molecule is COc1ccc2c3c1C(=O)C[C@]1(C)Oc4c(cc(-c5c(O)cc(OC)c6c5C[C@H](C)N(C)[C@@H]6C)c5cc(C)cc(OC)c45)[C@]31Oc1cc(OC)c3c(c1-2)C[C@@H](C)N(C)[C@@H]3C. The number of methoxy groups -OCH3 is 4. The van der Waals surface area contributed by atoms with Crippen LogP contribution in [-0.2, 0) is 18.4 Å². The van der Waals surface area contributed by atoms with Gasteiger partial charge in [-0.25, -0.2) is 0 Å². The minimum Gasteiger partial charge on any atom is -0.507 e. The molecule has 10 heteroatoms. The lowest BCUT2D eigenvalue weighted by Gasteiger charge is -2.50. The molecule has 0 amide bonds. The van der Waals surface area contributed by atoms with Gasteiger partial charge in [0.2, 0.25) is 5.60 Å². The lowest BCUT2D eigenvalue weighted by molar-refractivity contribution is -0.0642. The number of ketones is 1. The molecule has 0 saturated heterocycles. The minimum absolute atomic E-state index is 0.0239. The van der Waals surface area contributed by atoms with Crippen molar-refractivity contribution in [3.63, 3.8) is 0 Å². The van der Waals surface area contributed by atoms with E-state index in [9.17, 15) is 9.90 Å². The third kappa shape index (κ3) is 4.75. The van der Waals surface area contributed by atoms with E-state index in [1.54, 1.807) is 34.5 Å². The number of aromatic hydroxyl groups is 1. The molecular formula is C50H54N2O8. The van der Waals surface area contributed by atoms with Crippen LogP contribution < -0.4 is 28.4 Å². The Hall–Kier alpha value is -5.45. The Bertz CT molecular complexity index is 2720. The number of Topliss-reactive ketones (excluding diaryl/α,β-unsaturated/α-hetero) is 1. The van der Waals surface area contributed by atoms with Crippen LogP contribution in [0.5, 0.6) is 40.2 Å². The summed E-state index contributed by atoms with van der Waals surface area (Å²) < 4.78 is 39.5. The van der Waals surface area contributed by atoms with Crippen molar-refractivity contribution in [1.29, 1.82) is 0 Å². The minimum atomic E-state index is -1.34. The van der Waals surface area contributed by atoms with Crippen LogP contribution in [-0.4, -0.2) is 80.9 Å². The van der Waals surface area contributed by atoms with Gasteiger partial charge >= 0.3 is 0 Å². The molecule has 10 nitrogen and oxygen atoms in total. The van der Waals surface area contributed by atoms with E-state index in [0.29, 0.717) is 40.7 Å². The molecule has 0 radical (unpaired) electrons. The van der Waals surface area contributed by atoms with Gasteiger partial charge in [0.1, 0.15) is 40.2 Å². The topological polar surface area (TPSA) is 99.2 Å². The quantitative estimate of drug-likeness (QED) is 0.185. The molecule has 0 unspecified atom stereocenters. The molecule has 312 valence electrons. The van der Waals surface area contributed by atoms with E-state index in [1.165, 1.54) is 0 Å². The second-order valence-corrected chi connectivity index (χ2v) is 18.0. The highest BCUT2D eigenvalue weighted by Crippen LogP contribution is 2.68. The van der Waals surface area contributed by atoms with Gasteiger partial charge in [0.15, 0.2) is 11.4 Å². The van der Waals surface area contributed by atoms with Crippen molar-refractivity contribution in [3.8, 4) is 62.5 Å². The molecule has 1 N–H and O–H groups in total. The molecule has 5 aromatic carbocycles. The van der Waals surface area contributed by atoms with E-state index in [2.05, 4.69) is 69.8 Å². The van der Waals surface area contributed by atoms with Gasteiger partial charge in [-0.15, -0.1) is 0 Å². The van der Waals surface area contributed by atoms with Crippen LogP contribution in [0.1, 0.15) is 102 Å². The number of aryl methyl sites for hydroxylation is 1. The summed E-state index contributed by atoms with van der Waals surface area (Å²) in [5, 5.41) is 13.9. The van der Waals surface area contributed by atoms with Gasteiger partial charge in [0, 0.05) is 69.7 Å². The Balaban J connectivity index is 1.37. The monoisotopic (exact) mass is 810 g/mol. The van der Waals surface area contributed by atoms with E-state index < -0.39 is 11.2 Å². The van der Waals surface area contributed by atoms with Crippen molar-refractivity contribution in [3.05, 3.63) is 87.0 Å². The standard InChI is InChI=1S/C50H54N2O8/c1-23-15-29-30(43-31-17-24(2)51(7)26(4)41(31)38(57-11)20-34(43)53)19-33-48(45(29)37(16-23)56-10)60-49(6)22-35(54)46-36(55-9)14-13-28-44-32-18-25(3)52(8)27(5)42(32)39(58-12)21-40(44)59-50(33,49)47(28)46/h13-16,19-21,24-27,53H,17-18,22H2,1-12H3/t24-,25+,26+,27+,49-,50-/m0/s1. The average molecular weight is 811 g/mol. The summed E-state index contributed by atoms with van der Waals surface area (Å²) >= 11 is 0. The molecule has 0 bridgehead atoms. The maximum Gasteiger partial charge on any atom is 0.203 e. The third-order valence-corrected chi connectivity index (χ3v) is 15.0. The molecule has 1 spiro atoms. The Labute approximate surface area is 351 Å². The molecule has 0 saturated carbocycles. The number of hydrogen-bond acceptors (Lipinski definition) is 10. The Morgan fingerprint density at radius 2 is 1.32 bits per heavy atom. The predicted molar refractivity (Wildman–Crippen MR) is 232 cm³/mol. The van der Waals surface area contributed by atoms with Crippen molar-refractivity contribution in [2.24, 2.45) is 0 Å². The van der Waals surface area contributed by atoms with Crippen molar-refractivity contribution < 1.29 is 38.3 Å². The number of carbonyl (C=O) groups is 1. The van der Waals surface area contributed by atoms with Crippen molar-refractivity contribution in [1.82, 2.24) is 9.80 Å². The molecule has 60 heavy (non-hydrogen) atoms. The molecule has 1 aliphatic carbocycles. The summed E-state index contributed by atoms with van der Waals surface area (Å²) in [6, 6.07) is 14.6. The van der Waals surface area contributed by atoms with Gasteiger partial charge in [-0.05, 0) is 120 Å². The number of rotatable bonds is 5. The van der Waals surface area contributed by atoms with Crippen LogP contribution in [0.2, 0.25) is 0 Å². The van der Waals surface area contributed by atoms with Gasteiger partial charge in [0.05, 0.1) is 45.8 Å². The zero-order chi connectivity index (χ0) is 42.5. The van der Waals surface area contributed by atoms with Crippen LogP contribution in [0.3, 0.4) is 0 Å². The number of likely N-dealkylation sites (N-methyl/N-ethyl adjacent to an activating group) is 2. The molecule has 5 aromatic rings. The molecule has 4 heterocycles. The fourth-order valence-corrected chi connectivity index (χ4v) is 11.7. The molecule has 0 aromatic heterocycles. The highest BCUT2D eigenvalue weighted by atomic mass is 16.6. The number of nitrogens with zero attached hydrogens (tertiary/aromatic N) is 2. The Morgan fingerprint density at radius 1 is 0.717 bits per heavy atom. The molecule has 6 atom stereocenters. The molecule has 0 fully saturated rings. The average Bonchev–Trinajstić information content (AvgIpc) is 3.46. The first-order chi connectivity index (χ1) is 28.6. The largest absolute Gasteiger partial charge is 0.507 e. The van der Waals surface area contributed by atoms with Gasteiger partial charge in [-0.1, -0.05) is 12.1 Å². The summed E-state index contributed by atoms with van der Waals surface area (Å²) in [7, 11) is 11.0. The Morgan fingerprint density at radius 3 is 1.93 bits per heavy atom. The summed E-state index contributed by atoms with van der Waals surface area (Å²) in [5.74, 6) is 3.83. The normalized spacial score (nSPS) is 26.2. The van der Waals surface area contributed by atoms with Gasteiger partial charge in [-0.3, -0.25) is 14.6 Å². The number of fused-ring (bicyclic) bond motifs is 8.